The van der Waals surface area contributed by atoms with Gasteiger partial charge in [-0.3, -0.25) is 9.59 Å². The maximum Gasteiger partial charge on any atom is 0.306 e. The van der Waals surface area contributed by atoms with E-state index in [1.807, 2.05) is 0 Å². The molecule has 0 rings (SSSR count). The van der Waals surface area contributed by atoms with Crippen molar-refractivity contribution in [2.24, 2.45) is 0 Å². The molecule has 0 aromatic rings. The molecule has 64 heavy (non-hydrogen) atoms. The lowest BCUT2D eigenvalue weighted by Gasteiger charge is -2.18. The summed E-state index contributed by atoms with van der Waals surface area (Å²) < 4.78 is 17.3. The first-order chi connectivity index (χ1) is 31.6. The molecule has 0 saturated heterocycles. The summed E-state index contributed by atoms with van der Waals surface area (Å²) in [6, 6.07) is 0. The summed E-state index contributed by atoms with van der Waals surface area (Å²) in [5.74, 6) is -0.482. The first-order valence-corrected chi connectivity index (χ1v) is 26.1. The highest BCUT2D eigenvalue weighted by molar-refractivity contribution is 5.70. The molecular formula is C59H96O5. The third kappa shape index (κ3) is 50.9. The maximum atomic E-state index is 12.8. The van der Waals surface area contributed by atoms with Gasteiger partial charge in [-0.1, -0.05) is 206 Å². The Morgan fingerprint density at radius 3 is 1.14 bits per heavy atom. The van der Waals surface area contributed by atoms with Crippen LogP contribution in [0.3, 0.4) is 0 Å². The number of esters is 2. The molecule has 0 aromatic carbocycles. The molecular weight excluding hydrogens is 789 g/mol. The van der Waals surface area contributed by atoms with Crippen molar-refractivity contribution in [3.8, 4) is 0 Å². The molecule has 0 heterocycles. The van der Waals surface area contributed by atoms with Crippen LogP contribution in [0.15, 0.2) is 122 Å². The van der Waals surface area contributed by atoms with E-state index in [4.69, 9.17) is 14.2 Å². The van der Waals surface area contributed by atoms with Crippen LogP contribution < -0.4 is 0 Å². The normalized spacial score (nSPS) is 13.2. The summed E-state index contributed by atoms with van der Waals surface area (Å²) in [7, 11) is 0. The number of unbranched alkanes of at least 4 members (excludes halogenated alkanes) is 15. The van der Waals surface area contributed by atoms with Gasteiger partial charge in [-0.05, 0) is 116 Å². The van der Waals surface area contributed by atoms with Crippen molar-refractivity contribution >= 4 is 11.9 Å². The predicted octanol–water partition coefficient (Wildman–Crippen LogP) is 17.8. The molecule has 0 aliphatic rings. The van der Waals surface area contributed by atoms with Gasteiger partial charge in [-0.15, -0.1) is 0 Å². The standard InChI is InChI=1S/C59H96O5/c1-4-7-10-13-16-19-22-25-28-30-32-34-37-40-43-46-49-52-58(60)63-56-57(55-62-54-51-48-45-42-39-36-33-29-26-23-20-17-14-11-8-5-2)64-59(61)53-50-47-44-41-38-35-31-27-24-21-18-15-12-9-6-3/h7-8,10-11,16-17,19-20,25-29,31-32,34,36,39,45,48,57H,4-6,9,12-15,18,21-24,30,33,35,37-38,40-44,46-47,49-56H2,1-3H3/b10-7-,11-8-,19-16-,20-17-,28-25-,29-26-,31-27-,34-32-,39-36-,48-45-. The molecule has 0 bridgehead atoms. The Morgan fingerprint density at radius 2 is 0.703 bits per heavy atom. The SMILES string of the molecule is CC/C=C\C/C=C\C/C=C\C/C=C\C/C=C\CCOCC(COC(=O)CCCCCC/C=C\C/C=C\C/C=C\C/C=C\CC)OC(=O)CCCCCCC/C=C\CCCCCCCC. The molecule has 0 radical (unpaired) electrons. The van der Waals surface area contributed by atoms with Crippen LogP contribution in [0.25, 0.3) is 0 Å². The average Bonchev–Trinajstić information content (AvgIpc) is 3.30. The number of carbonyl (C=O) groups is 2. The third-order valence-corrected chi connectivity index (χ3v) is 10.5. The zero-order valence-electron chi connectivity index (χ0n) is 41.5. The summed E-state index contributed by atoms with van der Waals surface area (Å²) in [5, 5.41) is 0. The van der Waals surface area contributed by atoms with Crippen LogP contribution in [0, 0.1) is 0 Å². The largest absolute Gasteiger partial charge is 0.462 e. The van der Waals surface area contributed by atoms with Gasteiger partial charge in [0, 0.05) is 12.8 Å². The van der Waals surface area contributed by atoms with Gasteiger partial charge in [-0.2, -0.15) is 0 Å². The number of hydrogen-bond donors (Lipinski definition) is 0. The summed E-state index contributed by atoms with van der Waals surface area (Å²) in [4.78, 5) is 25.4. The van der Waals surface area contributed by atoms with E-state index in [0.29, 0.717) is 19.4 Å². The zero-order valence-corrected chi connectivity index (χ0v) is 41.5. The lowest BCUT2D eigenvalue weighted by Crippen LogP contribution is -2.30. The van der Waals surface area contributed by atoms with Crippen molar-refractivity contribution in [2.75, 3.05) is 19.8 Å². The Kier molecular flexibility index (Phi) is 50.5. The van der Waals surface area contributed by atoms with Gasteiger partial charge in [0.15, 0.2) is 6.10 Å². The van der Waals surface area contributed by atoms with Crippen molar-refractivity contribution in [3.63, 3.8) is 0 Å². The fourth-order valence-corrected chi connectivity index (χ4v) is 6.68. The molecule has 0 amide bonds. The number of ether oxygens (including phenoxy) is 3. The second-order valence-corrected chi connectivity index (χ2v) is 16.7. The van der Waals surface area contributed by atoms with Crippen LogP contribution in [0.4, 0.5) is 0 Å². The van der Waals surface area contributed by atoms with E-state index in [1.54, 1.807) is 0 Å². The van der Waals surface area contributed by atoms with Crippen LogP contribution >= 0.6 is 0 Å². The summed E-state index contributed by atoms with van der Waals surface area (Å²) in [5.41, 5.74) is 0. The van der Waals surface area contributed by atoms with E-state index in [9.17, 15) is 9.59 Å². The first-order valence-electron chi connectivity index (χ1n) is 26.1. The van der Waals surface area contributed by atoms with Crippen LogP contribution in [0.1, 0.15) is 213 Å². The Bertz CT molecular complexity index is 1320. The second kappa shape index (κ2) is 53.6. The topological polar surface area (TPSA) is 61.8 Å². The van der Waals surface area contributed by atoms with Crippen LogP contribution in [-0.2, 0) is 23.8 Å². The monoisotopic (exact) mass is 885 g/mol. The van der Waals surface area contributed by atoms with E-state index in [-0.39, 0.29) is 25.2 Å². The molecule has 5 heteroatoms. The Balaban J connectivity index is 4.46. The van der Waals surface area contributed by atoms with Crippen molar-refractivity contribution < 1.29 is 23.8 Å². The maximum absolute atomic E-state index is 12.8. The minimum absolute atomic E-state index is 0.0322. The summed E-state index contributed by atoms with van der Waals surface area (Å²) in [6.45, 7) is 7.34. The quantitative estimate of drug-likeness (QED) is 0.0346. The van der Waals surface area contributed by atoms with Crippen LogP contribution in [0.2, 0.25) is 0 Å². The predicted molar refractivity (Wildman–Crippen MR) is 279 cm³/mol. The van der Waals surface area contributed by atoms with Crippen molar-refractivity contribution in [1.29, 1.82) is 0 Å². The minimum Gasteiger partial charge on any atom is -0.462 e. The van der Waals surface area contributed by atoms with E-state index in [2.05, 4.69) is 142 Å². The molecule has 5 nitrogen and oxygen atoms in total. The summed E-state index contributed by atoms with van der Waals surface area (Å²) in [6.07, 6.45) is 75.1. The Labute approximate surface area is 395 Å². The summed E-state index contributed by atoms with van der Waals surface area (Å²) >= 11 is 0. The highest BCUT2D eigenvalue weighted by atomic mass is 16.6. The molecule has 0 spiro atoms. The molecule has 0 saturated carbocycles. The van der Waals surface area contributed by atoms with Crippen LogP contribution in [-0.4, -0.2) is 37.9 Å². The van der Waals surface area contributed by atoms with E-state index in [0.717, 1.165) is 122 Å². The van der Waals surface area contributed by atoms with Gasteiger partial charge >= 0.3 is 11.9 Å². The fraction of sp³-hybridized carbons (Fsp3) is 0.627. The third-order valence-electron chi connectivity index (χ3n) is 10.5. The lowest BCUT2D eigenvalue weighted by molar-refractivity contribution is -0.162. The molecule has 0 aliphatic carbocycles. The molecule has 0 aliphatic heterocycles. The number of carbonyl (C=O) groups excluding carboxylic acids is 2. The molecule has 1 atom stereocenters. The zero-order chi connectivity index (χ0) is 46.3. The van der Waals surface area contributed by atoms with Crippen molar-refractivity contribution in [2.45, 2.75) is 219 Å². The van der Waals surface area contributed by atoms with E-state index < -0.39 is 6.10 Å². The average molecular weight is 885 g/mol. The first kappa shape index (κ1) is 60.3. The second-order valence-electron chi connectivity index (χ2n) is 16.7. The van der Waals surface area contributed by atoms with E-state index in [1.165, 1.54) is 57.8 Å². The van der Waals surface area contributed by atoms with Gasteiger partial charge in [0.05, 0.1) is 13.2 Å². The minimum atomic E-state index is -0.598. The lowest BCUT2D eigenvalue weighted by atomic mass is 10.1. The van der Waals surface area contributed by atoms with E-state index >= 15 is 0 Å². The van der Waals surface area contributed by atoms with Gasteiger partial charge in [-0.25, -0.2) is 0 Å². The molecule has 0 aromatic heterocycles. The fourth-order valence-electron chi connectivity index (χ4n) is 6.68. The number of rotatable bonds is 46. The van der Waals surface area contributed by atoms with Gasteiger partial charge < -0.3 is 14.2 Å². The molecule has 362 valence electrons. The molecule has 1 unspecified atom stereocenters. The van der Waals surface area contributed by atoms with Crippen LogP contribution in [0.5, 0.6) is 0 Å². The van der Waals surface area contributed by atoms with Gasteiger partial charge in [0.2, 0.25) is 0 Å². The van der Waals surface area contributed by atoms with Crippen molar-refractivity contribution in [3.05, 3.63) is 122 Å². The Hall–Kier alpha value is -3.70. The Morgan fingerprint density at radius 1 is 0.359 bits per heavy atom. The van der Waals surface area contributed by atoms with Gasteiger partial charge in [0.1, 0.15) is 6.61 Å². The number of allylic oxidation sites excluding steroid dienone is 19. The number of hydrogen-bond acceptors (Lipinski definition) is 5. The smallest absolute Gasteiger partial charge is 0.306 e. The molecule has 0 N–H and O–H groups in total. The van der Waals surface area contributed by atoms with Gasteiger partial charge in [0.25, 0.3) is 0 Å². The highest BCUT2D eigenvalue weighted by Gasteiger charge is 2.17. The molecule has 0 fully saturated rings. The highest BCUT2D eigenvalue weighted by Crippen LogP contribution is 2.12. The van der Waals surface area contributed by atoms with Crippen molar-refractivity contribution in [1.82, 2.24) is 0 Å².